The second-order valence-corrected chi connectivity index (χ2v) is 5.38. The van der Waals surface area contributed by atoms with Crippen LogP contribution in [-0.2, 0) is 9.59 Å². The van der Waals surface area contributed by atoms with Gasteiger partial charge in [0.05, 0.1) is 22.3 Å². The van der Waals surface area contributed by atoms with Gasteiger partial charge in [0.15, 0.2) is 0 Å². The Kier molecular flexibility index (Phi) is 7.50. The van der Waals surface area contributed by atoms with Crippen LogP contribution in [0.5, 0.6) is 0 Å². The Morgan fingerprint density at radius 3 is 2.38 bits per heavy atom. The van der Waals surface area contributed by atoms with Gasteiger partial charge in [0.25, 0.3) is 0 Å². The lowest BCUT2D eigenvalue weighted by molar-refractivity contribution is -0.138. The fourth-order valence-corrected chi connectivity index (χ4v) is 2.35. The highest BCUT2D eigenvalue weighted by atomic mass is 35.5. The van der Waals surface area contributed by atoms with Crippen molar-refractivity contribution in [3.63, 3.8) is 0 Å². The molecule has 1 amide bonds. The fraction of sp³-hybridized carbons (Fsp3) is 0.429. The van der Waals surface area contributed by atoms with Crippen molar-refractivity contribution in [2.24, 2.45) is 0 Å². The van der Waals surface area contributed by atoms with Crippen molar-refractivity contribution in [1.82, 2.24) is 4.90 Å². The number of amides is 1. The van der Waals surface area contributed by atoms with Crippen molar-refractivity contribution >= 4 is 40.8 Å². The number of hydrogen-bond acceptors (Lipinski definition) is 3. The maximum atomic E-state index is 11.9. The van der Waals surface area contributed by atoms with Gasteiger partial charge in [-0.3, -0.25) is 14.5 Å². The molecule has 116 valence electrons. The van der Waals surface area contributed by atoms with E-state index in [0.29, 0.717) is 28.8 Å². The van der Waals surface area contributed by atoms with Crippen LogP contribution in [0, 0.1) is 0 Å². The fourth-order valence-electron chi connectivity index (χ4n) is 1.86. The molecule has 0 aromatic heterocycles. The van der Waals surface area contributed by atoms with Gasteiger partial charge in [-0.25, -0.2) is 0 Å². The molecule has 7 heteroatoms. The Bertz CT molecular complexity index is 489. The lowest BCUT2D eigenvalue weighted by Crippen LogP contribution is -2.33. The molecule has 0 heterocycles. The van der Waals surface area contributed by atoms with E-state index in [2.05, 4.69) is 5.32 Å². The van der Waals surface area contributed by atoms with Gasteiger partial charge in [-0.05, 0) is 25.1 Å². The van der Waals surface area contributed by atoms with E-state index in [1.807, 2.05) is 6.92 Å². The number of carbonyl (C=O) groups excluding carboxylic acids is 1. The van der Waals surface area contributed by atoms with E-state index in [9.17, 15) is 9.59 Å². The van der Waals surface area contributed by atoms with Crippen molar-refractivity contribution in [1.29, 1.82) is 0 Å². The Balaban J connectivity index is 2.55. The predicted molar refractivity (Wildman–Crippen MR) is 84.1 cm³/mol. The second kappa shape index (κ2) is 8.87. The third kappa shape index (κ3) is 6.33. The van der Waals surface area contributed by atoms with Gasteiger partial charge in [0.1, 0.15) is 0 Å². The number of para-hydroxylation sites is 1. The molecule has 0 unspecified atom stereocenters. The topological polar surface area (TPSA) is 69.6 Å². The van der Waals surface area contributed by atoms with Gasteiger partial charge in [0.2, 0.25) is 5.91 Å². The van der Waals surface area contributed by atoms with Crippen LogP contribution in [0.15, 0.2) is 18.2 Å². The van der Waals surface area contributed by atoms with Crippen LogP contribution in [0.1, 0.15) is 19.8 Å². The van der Waals surface area contributed by atoms with Crippen LogP contribution in [0.3, 0.4) is 0 Å². The Morgan fingerprint density at radius 1 is 1.24 bits per heavy atom. The molecule has 0 fully saturated rings. The van der Waals surface area contributed by atoms with E-state index in [1.165, 1.54) is 0 Å². The highest BCUT2D eigenvalue weighted by molar-refractivity contribution is 6.39. The van der Waals surface area contributed by atoms with Crippen LogP contribution in [0.25, 0.3) is 0 Å². The zero-order chi connectivity index (χ0) is 15.8. The molecule has 1 aromatic rings. The first kappa shape index (κ1) is 17.8. The summed E-state index contributed by atoms with van der Waals surface area (Å²) in [5.74, 6) is -1.16. The molecule has 1 aromatic carbocycles. The number of carboxylic acid groups (broad SMARTS) is 1. The van der Waals surface area contributed by atoms with E-state index in [-0.39, 0.29) is 18.9 Å². The van der Waals surface area contributed by atoms with Crippen molar-refractivity contribution in [2.45, 2.75) is 19.8 Å². The minimum atomic E-state index is -0.905. The van der Waals surface area contributed by atoms with Crippen molar-refractivity contribution in [3.8, 4) is 0 Å². The molecule has 2 N–H and O–H groups in total. The van der Waals surface area contributed by atoms with Gasteiger partial charge < -0.3 is 10.4 Å². The summed E-state index contributed by atoms with van der Waals surface area (Å²) in [4.78, 5) is 24.4. The lowest BCUT2D eigenvalue weighted by atomic mass is 10.3. The number of halogens is 2. The first-order valence-electron chi connectivity index (χ1n) is 6.62. The molecule has 0 saturated carbocycles. The average Bonchev–Trinajstić information content (AvgIpc) is 2.40. The summed E-state index contributed by atoms with van der Waals surface area (Å²) in [6, 6.07) is 4.96. The highest BCUT2D eigenvalue weighted by Gasteiger charge is 2.13. The standard InChI is InChI=1S/C14H18Cl2N2O3/c1-2-7-18(9-13(20)21)8-6-12(19)17-14-10(15)4-3-5-11(14)16/h3-5H,2,6-9H2,1H3,(H,17,19)(H,20,21). The molecule has 0 spiro atoms. The molecule has 0 saturated heterocycles. The molecular formula is C14H18Cl2N2O3. The number of aliphatic carboxylic acids is 1. The number of anilines is 1. The number of hydrogen-bond donors (Lipinski definition) is 2. The van der Waals surface area contributed by atoms with E-state index >= 15 is 0 Å². The summed E-state index contributed by atoms with van der Waals surface area (Å²) in [7, 11) is 0. The number of nitrogens with one attached hydrogen (secondary N) is 1. The van der Waals surface area contributed by atoms with Gasteiger partial charge in [-0.15, -0.1) is 0 Å². The van der Waals surface area contributed by atoms with E-state index in [0.717, 1.165) is 6.42 Å². The monoisotopic (exact) mass is 332 g/mol. The SMILES string of the molecule is CCCN(CCC(=O)Nc1c(Cl)cccc1Cl)CC(=O)O. The molecule has 0 bridgehead atoms. The third-order valence-corrected chi connectivity index (χ3v) is 3.41. The van der Waals surface area contributed by atoms with Gasteiger partial charge >= 0.3 is 5.97 Å². The molecule has 5 nitrogen and oxygen atoms in total. The largest absolute Gasteiger partial charge is 0.480 e. The Morgan fingerprint density at radius 2 is 1.86 bits per heavy atom. The molecule has 1 rings (SSSR count). The van der Waals surface area contributed by atoms with E-state index in [4.69, 9.17) is 28.3 Å². The summed E-state index contributed by atoms with van der Waals surface area (Å²) in [5.41, 5.74) is 0.381. The van der Waals surface area contributed by atoms with Crippen LogP contribution >= 0.6 is 23.2 Å². The predicted octanol–water partition coefficient (Wildman–Crippen LogP) is 3.12. The zero-order valence-corrected chi connectivity index (χ0v) is 13.2. The maximum absolute atomic E-state index is 11.9. The number of nitrogens with zero attached hydrogens (tertiary/aromatic N) is 1. The summed E-state index contributed by atoms with van der Waals surface area (Å²) in [5, 5.41) is 12.2. The molecule has 0 aliphatic heterocycles. The van der Waals surface area contributed by atoms with Gasteiger partial charge in [-0.1, -0.05) is 36.2 Å². The second-order valence-electron chi connectivity index (χ2n) is 4.56. The van der Waals surface area contributed by atoms with Crippen LogP contribution in [0.2, 0.25) is 10.0 Å². The van der Waals surface area contributed by atoms with Crippen LogP contribution in [-0.4, -0.2) is 41.5 Å². The molecule has 0 atom stereocenters. The van der Waals surface area contributed by atoms with Crippen LogP contribution in [0.4, 0.5) is 5.69 Å². The average molecular weight is 333 g/mol. The first-order valence-corrected chi connectivity index (χ1v) is 7.37. The summed E-state index contributed by atoms with van der Waals surface area (Å²) < 4.78 is 0. The first-order chi connectivity index (χ1) is 9.93. The Labute approximate surface area is 133 Å². The minimum Gasteiger partial charge on any atom is -0.480 e. The number of carboxylic acids is 1. The van der Waals surface area contributed by atoms with Crippen molar-refractivity contribution in [3.05, 3.63) is 28.2 Å². The molecule has 0 aliphatic carbocycles. The molecule has 0 aliphatic rings. The number of carbonyl (C=O) groups is 2. The summed E-state index contributed by atoms with van der Waals surface area (Å²) in [6.45, 7) is 2.88. The van der Waals surface area contributed by atoms with Crippen molar-refractivity contribution in [2.75, 3.05) is 25.0 Å². The third-order valence-electron chi connectivity index (χ3n) is 2.78. The van der Waals surface area contributed by atoms with Gasteiger partial charge in [0, 0.05) is 13.0 Å². The highest BCUT2D eigenvalue weighted by Crippen LogP contribution is 2.29. The smallest absolute Gasteiger partial charge is 0.317 e. The molecule has 0 radical (unpaired) electrons. The molecule has 21 heavy (non-hydrogen) atoms. The summed E-state index contributed by atoms with van der Waals surface area (Å²) >= 11 is 11.9. The zero-order valence-electron chi connectivity index (χ0n) is 11.7. The number of benzene rings is 1. The van der Waals surface area contributed by atoms with E-state index in [1.54, 1.807) is 23.1 Å². The van der Waals surface area contributed by atoms with Gasteiger partial charge in [-0.2, -0.15) is 0 Å². The maximum Gasteiger partial charge on any atom is 0.317 e. The normalized spacial score (nSPS) is 10.7. The number of rotatable bonds is 8. The summed E-state index contributed by atoms with van der Waals surface area (Å²) in [6.07, 6.45) is 1.00. The van der Waals surface area contributed by atoms with E-state index < -0.39 is 5.97 Å². The Hall–Kier alpha value is -1.30. The van der Waals surface area contributed by atoms with Crippen molar-refractivity contribution < 1.29 is 14.7 Å². The molecular weight excluding hydrogens is 315 g/mol. The minimum absolute atomic E-state index is 0.0754. The lowest BCUT2D eigenvalue weighted by Gasteiger charge is -2.19. The quantitative estimate of drug-likeness (QED) is 0.767. The van der Waals surface area contributed by atoms with Crippen LogP contribution < -0.4 is 5.32 Å².